The monoisotopic (exact) mass is 870 g/mol. The van der Waals surface area contributed by atoms with Gasteiger partial charge in [-0.15, -0.1) is 10.2 Å². The van der Waals surface area contributed by atoms with Crippen molar-refractivity contribution in [1.82, 2.24) is 34.7 Å². The van der Waals surface area contributed by atoms with E-state index in [1.807, 2.05) is 84.9 Å². The number of rotatable bonds is 18. The fourth-order valence-corrected chi connectivity index (χ4v) is 10.2. The number of hydrogen-bond acceptors (Lipinski definition) is 11. The Hall–Kier alpha value is -6.13. The van der Waals surface area contributed by atoms with Gasteiger partial charge < -0.3 is 25.3 Å². The lowest BCUT2D eigenvalue weighted by Gasteiger charge is -2.32. The number of aromatic nitrogens is 4. The Kier molecular flexibility index (Phi) is 13.5. The second-order valence-corrected chi connectivity index (χ2v) is 18.2. The highest BCUT2D eigenvalue weighted by molar-refractivity contribution is 7.89. The van der Waals surface area contributed by atoms with Gasteiger partial charge in [0, 0.05) is 32.1 Å². The topological polar surface area (TPSA) is 167 Å². The molecular weight excluding hydrogens is 817 g/mol. The third-order valence-electron chi connectivity index (χ3n) is 12.1. The summed E-state index contributed by atoms with van der Waals surface area (Å²) in [4.78, 5) is 15.5. The molecular formula is C48H54N8O6S. The lowest BCUT2D eigenvalue weighted by molar-refractivity contribution is -0.119. The fraction of sp³-hybridized carbons (Fsp3) is 0.333. The summed E-state index contributed by atoms with van der Waals surface area (Å²) < 4.78 is 49.9. The number of amides is 1. The van der Waals surface area contributed by atoms with Crippen molar-refractivity contribution >= 4 is 15.9 Å². The molecule has 2 aliphatic rings. The zero-order chi connectivity index (χ0) is 43.9. The number of methoxy groups -OCH3 is 3. The first-order chi connectivity index (χ1) is 30.6. The van der Waals surface area contributed by atoms with Gasteiger partial charge in [-0.1, -0.05) is 72.8 Å². The van der Waals surface area contributed by atoms with Crippen molar-refractivity contribution in [3.8, 4) is 39.8 Å². The maximum Gasteiger partial charge on any atom is 0.244 e. The number of nitrogens with two attached hydrogens (primary N) is 1. The number of carbonyl (C=O) groups is 1. The van der Waals surface area contributed by atoms with Crippen LogP contribution < -0.4 is 25.3 Å². The maximum absolute atomic E-state index is 16.1. The Morgan fingerprint density at radius 2 is 1.32 bits per heavy atom. The first-order valence-electron chi connectivity index (χ1n) is 21.2. The third-order valence-corrected chi connectivity index (χ3v) is 14.0. The summed E-state index contributed by atoms with van der Waals surface area (Å²) in [6.45, 7) is 3.88. The molecule has 8 rings (SSSR count). The lowest BCUT2D eigenvalue weighted by atomic mass is 9.87. The predicted molar refractivity (Wildman–Crippen MR) is 241 cm³/mol. The van der Waals surface area contributed by atoms with Gasteiger partial charge in [-0.25, -0.2) is 8.42 Å². The largest absolute Gasteiger partial charge is 0.497 e. The number of tetrazole rings is 1. The standard InChI is InChI=1S/C48H54N8O6S/c1-60-41-15-4-34(5-16-41)29-55(30-35-6-17-42(61-2)18-7-35)63(58,59)47-39(26-33-22-24-54(25-23-33)32-45(49)57)14-21-44(38-12-10-37(11-13-38)40-27-50-28-40)46(47)48-51-53-56(52-48)31-36-8-19-43(62-3)20-9-36/h4-21,33,40,50H,22-32H2,1-3H3,(H2,49,57). The highest BCUT2D eigenvalue weighted by Crippen LogP contribution is 2.42. The quantitative estimate of drug-likeness (QED) is 0.106. The molecule has 1 aromatic heterocycles. The Labute approximate surface area is 369 Å². The second kappa shape index (κ2) is 19.5. The van der Waals surface area contributed by atoms with Gasteiger partial charge in [-0.3, -0.25) is 9.69 Å². The number of hydrogen-bond donors (Lipinski definition) is 2. The van der Waals surface area contributed by atoms with Crippen molar-refractivity contribution in [2.24, 2.45) is 11.7 Å². The fourth-order valence-electron chi connectivity index (χ4n) is 8.41. The first kappa shape index (κ1) is 43.5. The van der Waals surface area contributed by atoms with E-state index in [0.29, 0.717) is 60.2 Å². The van der Waals surface area contributed by atoms with Crippen LogP contribution in [0.1, 0.15) is 46.6 Å². The van der Waals surface area contributed by atoms with Gasteiger partial charge in [-0.2, -0.15) is 9.10 Å². The van der Waals surface area contributed by atoms with Gasteiger partial charge in [0.2, 0.25) is 21.8 Å². The van der Waals surface area contributed by atoms with Crippen molar-refractivity contribution in [2.45, 2.75) is 49.7 Å². The van der Waals surface area contributed by atoms with Crippen LogP contribution in [0.4, 0.5) is 0 Å². The number of piperidine rings is 1. The lowest BCUT2D eigenvalue weighted by Crippen LogP contribution is -2.40. The molecule has 328 valence electrons. The average Bonchev–Trinajstić information content (AvgIpc) is 3.75. The van der Waals surface area contributed by atoms with Crippen LogP contribution >= 0.6 is 0 Å². The minimum atomic E-state index is -4.36. The number of nitrogens with one attached hydrogen (secondary N) is 1. The number of benzene rings is 5. The van der Waals surface area contributed by atoms with Crippen LogP contribution in [0.25, 0.3) is 22.5 Å². The molecule has 6 aromatic rings. The minimum Gasteiger partial charge on any atom is -0.497 e. The van der Waals surface area contributed by atoms with E-state index in [1.165, 1.54) is 14.7 Å². The van der Waals surface area contributed by atoms with E-state index in [0.717, 1.165) is 53.9 Å². The summed E-state index contributed by atoms with van der Waals surface area (Å²) in [5, 5.41) is 17.4. The van der Waals surface area contributed by atoms with Crippen LogP contribution in [-0.2, 0) is 40.9 Å². The molecule has 0 aliphatic carbocycles. The van der Waals surface area contributed by atoms with E-state index < -0.39 is 10.0 Å². The molecule has 63 heavy (non-hydrogen) atoms. The SMILES string of the molecule is COc1ccc(CN(Cc2ccc(OC)cc2)S(=O)(=O)c2c(CC3CCN(CC(N)=O)CC3)ccc(-c3ccc(C4CNC4)cc3)c2-c2nnn(Cc3ccc(OC)cc3)n2)cc1. The molecule has 0 saturated carbocycles. The van der Waals surface area contributed by atoms with E-state index in [1.54, 1.807) is 21.3 Å². The van der Waals surface area contributed by atoms with Gasteiger partial charge in [0.1, 0.15) is 17.2 Å². The van der Waals surface area contributed by atoms with Crippen molar-refractivity contribution in [3.63, 3.8) is 0 Å². The van der Waals surface area contributed by atoms with Gasteiger partial charge in [0.15, 0.2) is 0 Å². The molecule has 5 aromatic carbocycles. The summed E-state index contributed by atoms with van der Waals surface area (Å²) in [6.07, 6.45) is 2.04. The summed E-state index contributed by atoms with van der Waals surface area (Å²) in [7, 11) is 0.470. The molecule has 0 radical (unpaired) electrons. The number of carbonyl (C=O) groups excluding carboxylic acids is 1. The molecule has 2 saturated heterocycles. The van der Waals surface area contributed by atoms with Crippen molar-refractivity contribution in [1.29, 1.82) is 0 Å². The van der Waals surface area contributed by atoms with Crippen LogP contribution in [0.5, 0.6) is 17.2 Å². The van der Waals surface area contributed by atoms with Crippen LogP contribution in [0.2, 0.25) is 0 Å². The normalized spacial score (nSPS) is 15.0. The number of primary amides is 1. The number of sulfonamides is 1. The highest BCUT2D eigenvalue weighted by Gasteiger charge is 2.35. The molecule has 1 amide bonds. The van der Waals surface area contributed by atoms with Crippen LogP contribution in [0, 0.1) is 5.92 Å². The van der Waals surface area contributed by atoms with Crippen LogP contribution in [-0.4, -0.2) is 97.8 Å². The molecule has 0 bridgehead atoms. The van der Waals surface area contributed by atoms with Gasteiger partial charge in [-0.05, 0) is 119 Å². The third kappa shape index (κ3) is 10.2. The van der Waals surface area contributed by atoms with E-state index in [-0.39, 0.29) is 42.2 Å². The first-order valence-corrected chi connectivity index (χ1v) is 22.7. The van der Waals surface area contributed by atoms with Gasteiger partial charge in [0.25, 0.3) is 0 Å². The molecule has 15 heteroatoms. The Bertz CT molecular complexity index is 2540. The second-order valence-electron chi connectivity index (χ2n) is 16.3. The Balaban J connectivity index is 1.29. The van der Waals surface area contributed by atoms with Gasteiger partial charge >= 0.3 is 0 Å². The number of ether oxygens (including phenoxy) is 3. The molecule has 14 nitrogen and oxygen atoms in total. The highest BCUT2D eigenvalue weighted by atomic mass is 32.2. The molecule has 2 fully saturated rings. The van der Waals surface area contributed by atoms with Crippen molar-refractivity contribution in [2.75, 3.05) is 54.1 Å². The Morgan fingerprint density at radius 3 is 1.83 bits per heavy atom. The molecule has 3 N–H and O–H groups in total. The zero-order valence-corrected chi connectivity index (χ0v) is 36.8. The molecule has 0 atom stereocenters. The van der Waals surface area contributed by atoms with Crippen molar-refractivity contribution < 1.29 is 27.4 Å². The predicted octanol–water partition coefficient (Wildman–Crippen LogP) is 5.90. The smallest absolute Gasteiger partial charge is 0.244 e. The minimum absolute atomic E-state index is 0.0781. The van der Waals surface area contributed by atoms with Gasteiger partial charge in [0.05, 0.1) is 44.9 Å². The van der Waals surface area contributed by atoms with Crippen molar-refractivity contribution in [3.05, 3.63) is 137 Å². The number of nitrogens with zero attached hydrogens (tertiary/aromatic N) is 6. The zero-order valence-electron chi connectivity index (χ0n) is 35.9. The summed E-state index contributed by atoms with van der Waals surface area (Å²) in [5.74, 6) is 2.49. The van der Waals surface area contributed by atoms with E-state index in [9.17, 15) is 4.79 Å². The van der Waals surface area contributed by atoms with E-state index in [4.69, 9.17) is 25.0 Å². The van der Waals surface area contributed by atoms with Crippen LogP contribution in [0.15, 0.2) is 114 Å². The maximum atomic E-state index is 16.1. The number of likely N-dealkylation sites (tertiary alicyclic amines) is 1. The average molecular weight is 871 g/mol. The van der Waals surface area contributed by atoms with E-state index >= 15 is 8.42 Å². The van der Waals surface area contributed by atoms with Crippen LogP contribution in [0.3, 0.4) is 0 Å². The molecule has 3 heterocycles. The van der Waals surface area contributed by atoms with E-state index in [2.05, 4.69) is 44.8 Å². The molecule has 2 aliphatic heterocycles. The Morgan fingerprint density at radius 1 is 0.762 bits per heavy atom. The summed E-state index contributed by atoms with van der Waals surface area (Å²) >= 11 is 0. The molecule has 0 spiro atoms. The summed E-state index contributed by atoms with van der Waals surface area (Å²) in [5.41, 5.74) is 11.9. The summed E-state index contributed by atoms with van der Waals surface area (Å²) in [6, 6.07) is 34.9. The molecule has 0 unspecified atom stereocenters.